The van der Waals surface area contributed by atoms with E-state index in [-0.39, 0.29) is 19.1 Å². The zero-order valence-electron chi connectivity index (χ0n) is 13.2. The van der Waals surface area contributed by atoms with Gasteiger partial charge in [0.2, 0.25) is 5.91 Å². The average Bonchev–Trinajstić information content (AvgIpc) is 2.93. The Morgan fingerprint density at radius 1 is 1.35 bits per heavy atom. The number of amides is 1. The van der Waals surface area contributed by atoms with Crippen LogP contribution in [0.3, 0.4) is 0 Å². The first-order chi connectivity index (χ1) is 11.0. The first-order valence-electron chi connectivity index (χ1n) is 7.44. The lowest BCUT2D eigenvalue weighted by Crippen LogP contribution is -2.30. The maximum Gasteiger partial charge on any atom is 0.241 e. The molecule has 1 aromatic carbocycles. The van der Waals surface area contributed by atoms with Gasteiger partial charge in [0.05, 0.1) is 0 Å². The second kappa shape index (κ2) is 8.47. The maximum absolute atomic E-state index is 11.9. The van der Waals surface area contributed by atoms with Crippen LogP contribution in [0.15, 0.2) is 24.3 Å². The number of nitrogens with one attached hydrogen (secondary N) is 1. The van der Waals surface area contributed by atoms with E-state index in [0.717, 1.165) is 6.42 Å². The molecule has 0 saturated heterocycles. The summed E-state index contributed by atoms with van der Waals surface area (Å²) >= 11 is 5.82. The van der Waals surface area contributed by atoms with Crippen LogP contribution < -0.4 is 10.1 Å². The van der Waals surface area contributed by atoms with Crippen LogP contribution >= 0.6 is 11.6 Å². The number of rotatable bonds is 8. The largest absolute Gasteiger partial charge is 0.486 e. The van der Waals surface area contributed by atoms with Gasteiger partial charge in [-0.05, 0) is 47.0 Å². The van der Waals surface area contributed by atoms with Gasteiger partial charge < -0.3 is 10.1 Å². The molecule has 23 heavy (non-hydrogen) atoms. The molecule has 0 aliphatic heterocycles. The highest BCUT2D eigenvalue weighted by molar-refractivity contribution is 6.30. The topological polar surface area (TPSA) is 81.9 Å². The second-order valence-electron chi connectivity index (χ2n) is 5.53. The molecule has 0 unspecified atom stereocenters. The summed E-state index contributed by atoms with van der Waals surface area (Å²) in [6.45, 7) is 5.12. The minimum absolute atomic E-state index is 0.0738. The summed E-state index contributed by atoms with van der Waals surface area (Å²) in [5.41, 5.74) is 0. The Morgan fingerprint density at radius 3 is 2.78 bits per heavy atom. The number of carbonyl (C=O) groups is 1. The average molecular weight is 338 g/mol. The van der Waals surface area contributed by atoms with Crippen LogP contribution in [0.2, 0.25) is 5.02 Å². The monoisotopic (exact) mass is 337 g/mol. The predicted octanol–water partition coefficient (Wildman–Crippen LogP) is 2.07. The third-order valence-electron chi connectivity index (χ3n) is 3.12. The molecular formula is C15H20ClN5O2. The van der Waals surface area contributed by atoms with Crippen molar-refractivity contribution in [1.29, 1.82) is 0 Å². The molecule has 1 aromatic heterocycles. The second-order valence-corrected chi connectivity index (χ2v) is 5.96. The lowest BCUT2D eigenvalue weighted by molar-refractivity contribution is -0.121. The van der Waals surface area contributed by atoms with E-state index in [1.54, 1.807) is 24.3 Å². The molecule has 0 aliphatic carbocycles. The van der Waals surface area contributed by atoms with Crippen molar-refractivity contribution in [1.82, 2.24) is 25.5 Å². The zero-order chi connectivity index (χ0) is 16.7. The van der Waals surface area contributed by atoms with Crippen LogP contribution in [0.1, 0.15) is 26.1 Å². The van der Waals surface area contributed by atoms with Crippen LogP contribution in [0.4, 0.5) is 0 Å². The molecule has 2 rings (SSSR count). The van der Waals surface area contributed by atoms with Crippen molar-refractivity contribution in [3.05, 3.63) is 35.1 Å². The number of ether oxygens (including phenoxy) is 1. The summed E-state index contributed by atoms with van der Waals surface area (Å²) in [5.74, 6) is 1.57. The van der Waals surface area contributed by atoms with Crippen molar-refractivity contribution in [2.75, 3.05) is 6.54 Å². The third-order valence-corrected chi connectivity index (χ3v) is 3.38. The minimum atomic E-state index is -0.120. The van der Waals surface area contributed by atoms with Crippen molar-refractivity contribution in [3.63, 3.8) is 0 Å². The number of aromatic nitrogens is 4. The molecule has 0 saturated carbocycles. The molecule has 0 aliphatic rings. The molecule has 0 atom stereocenters. The van der Waals surface area contributed by atoms with Gasteiger partial charge in [-0.3, -0.25) is 4.79 Å². The molecule has 0 fully saturated rings. The number of benzene rings is 1. The van der Waals surface area contributed by atoms with Gasteiger partial charge in [-0.25, -0.2) is 4.68 Å². The maximum atomic E-state index is 11.9. The van der Waals surface area contributed by atoms with Crippen LogP contribution in [-0.2, 0) is 17.9 Å². The van der Waals surface area contributed by atoms with Crippen molar-refractivity contribution >= 4 is 17.5 Å². The number of carbonyl (C=O) groups excluding carboxylic acids is 1. The fourth-order valence-electron chi connectivity index (χ4n) is 1.82. The predicted molar refractivity (Wildman–Crippen MR) is 86.1 cm³/mol. The first kappa shape index (κ1) is 17.2. The van der Waals surface area contributed by atoms with Gasteiger partial charge >= 0.3 is 0 Å². The zero-order valence-corrected chi connectivity index (χ0v) is 14.0. The van der Waals surface area contributed by atoms with E-state index in [1.165, 1.54) is 4.68 Å². The van der Waals surface area contributed by atoms with Crippen molar-refractivity contribution in [2.45, 2.75) is 33.4 Å². The highest BCUT2D eigenvalue weighted by Crippen LogP contribution is 2.16. The van der Waals surface area contributed by atoms with E-state index in [0.29, 0.717) is 29.1 Å². The van der Waals surface area contributed by atoms with E-state index in [1.807, 2.05) is 0 Å². The Bertz CT molecular complexity index is 627. The van der Waals surface area contributed by atoms with E-state index < -0.39 is 0 Å². The molecule has 1 N–H and O–H groups in total. The molecule has 0 radical (unpaired) electrons. The number of hydrogen-bond acceptors (Lipinski definition) is 5. The molecular weight excluding hydrogens is 318 g/mol. The summed E-state index contributed by atoms with van der Waals surface area (Å²) in [5, 5.41) is 14.8. The van der Waals surface area contributed by atoms with Gasteiger partial charge in [-0.1, -0.05) is 25.4 Å². The molecule has 7 nitrogen and oxygen atoms in total. The normalized spacial score (nSPS) is 10.8. The minimum Gasteiger partial charge on any atom is -0.486 e. The quantitative estimate of drug-likeness (QED) is 0.797. The molecule has 124 valence electrons. The van der Waals surface area contributed by atoms with E-state index in [4.69, 9.17) is 16.3 Å². The summed E-state index contributed by atoms with van der Waals surface area (Å²) in [6, 6.07) is 6.99. The highest BCUT2D eigenvalue weighted by atomic mass is 35.5. The number of nitrogens with zero attached hydrogens (tertiary/aromatic N) is 4. The van der Waals surface area contributed by atoms with Gasteiger partial charge in [-0.2, -0.15) is 0 Å². The molecule has 0 spiro atoms. The summed E-state index contributed by atoms with van der Waals surface area (Å²) in [6.07, 6.45) is 0.938. The molecule has 2 aromatic rings. The molecule has 0 bridgehead atoms. The van der Waals surface area contributed by atoms with Gasteiger partial charge in [0.15, 0.2) is 5.82 Å². The van der Waals surface area contributed by atoms with Gasteiger partial charge in [0.1, 0.15) is 18.9 Å². The summed E-state index contributed by atoms with van der Waals surface area (Å²) in [7, 11) is 0. The summed E-state index contributed by atoms with van der Waals surface area (Å²) in [4.78, 5) is 11.9. The number of tetrazole rings is 1. The number of halogens is 1. The smallest absolute Gasteiger partial charge is 0.241 e. The van der Waals surface area contributed by atoms with E-state index in [9.17, 15) is 4.79 Å². The van der Waals surface area contributed by atoms with Gasteiger partial charge in [-0.15, -0.1) is 5.10 Å². The summed E-state index contributed by atoms with van der Waals surface area (Å²) < 4.78 is 7.02. The van der Waals surface area contributed by atoms with Gasteiger partial charge in [0.25, 0.3) is 0 Å². The molecule has 8 heteroatoms. The fourth-order valence-corrected chi connectivity index (χ4v) is 1.95. The Balaban J connectivity index is 1.84. The lowest BCUT2D eigenvalue weighted by Gasteiger charge is -2.09. The third kappa shape index (κ3) is 5.86. The Morgan fingerprint density at radius 2 is 2.09 bits per heavy atom. The SMILES string of the molecule is CC(C)CCNC(=O)Cn1nnnc1COc1ccc(Cl)cc1. The van der Waals surface area contributed by atoms with Crippen LogP contribution in [0, 0.1) is 5.92 Å². The Hall–Kier alpha value is -2.15. The Labute approximate surface area is 140 Å². The van der Waals surface area contributed by atoms with Crippen LogP contribution in [0.5, 0.6) is 5.75 Å². The molecule has 1 heterocycles. The molecule has 1 amide bonds. The van der Waals surface area contributed by atoms with Crippen molar-refractivity contribution in [2.24, 2.45) is 5.92 Å². The van der Waals surface area contributed by atoms with Crippen LogP contribution in [0.25, 0.3) is 0 Å². The van der Waals surface area contributed by atoms with Gasteiger partial charge in [0, 0.05) is 11.6 Å². The highest BCUT2D eigenvalue weighted by Gasteiger charge is 2.11. The first-order valence-corrected chi connectivity index (χ1v) is 7.82. The van der Waals surface area contributed by atoms with E-state index >= 15 is 0 Å². The fraction of sp³-hybridized carbons (Fsp3) is 0.467. The van der Waals surface area contributed by atoms with Crippen molar-refractivity contribution in [3.8, 4) is 5.75 Å². The van der Waals surface area contributed by atoms with Crippen LogP contribution in [-0.4, -0.2) is 32.7 Å². The lowest BCUT2D eigenvalue weighted by atomic mass is 10.1. The number of hydrogen-bond donors (Lipinski definition) is 1. The Kier molecular flexibility index (Phi) is 6.34. The van der Waals surface area contributed by atoms with E-state index in [2.05, 4.69) is 34.7 Å². The van der Waals surface area contributed by atoms with Crippen molar-refractivity contribution < 1.29 is 9.53 Å². The standard InChI is InChI=1S/C15H20ClN5O2/c1-11(2)7-8-17-15(22)9-21-14(18-19-20-21)10-23-13-5-3-12(16)4-6-13/h3-6,11H,7-10H2,1-2H3,(H,17,22).